The van der Waals surface area contributed by atoms with Crippen molar-refractivity contribution in [2.75, 3.05) is 17.8 Å². The van der Waals surface area contributed by atoms with Crippen molar-refractivity contribution in [2.24, 2.45) is 10.1 Å². The van der Waals surface area contributed by atoms with E-state index in [2.05, 4.69) is 16.8 Å². The molecule has 2 N–H and O–H groups in total. The van der Waals surface area contributed by atoms with Gasteiger partial charge < -0.3 is 5.73 Å². The molecule has 0 aliphatic rings. The number of nitrogen functional groups attached to an aromatic ring is 1. The number of aliphatic imine (C=N–C) groups is 1. The average Bonchev–Trinajstić information content (AvgIpc) is 2.58. The molecule has 1 atom stereocenters. The normalized spacial score (nSPS) is 13.2. The highest BCUT2D eigenvalue weighted by Gasteiger charge is 2.39. The summed E-state index contributed by atoms with van der Waals surface area (Å²) in [4.78, 5) is 3.50. The van der Waals surface area contributed by atoms with Gasteiger partial charge in [0.1, 0.15) is 6.34 Å². The molecule has 2 aromatic carbocycles. The largest absolute Gasteiger partial charge is 0.399 e. The van der Waals surface area contributed by atoms with Crippen molar-refractivity contribution in [3.8, 4) is 0 Å². The topological polar surface area (TPSA) is 54.0 Å². The molecule has 4 nitrogen and oxygen atoms in total. The summed E-state index contributed by atoms with van der Waals surface area (Å²) in [6, 6.07) is 8.70. The quantitative estimate of drug-likeness (QED) is 0.265. The van der Waals surface area contributed by atoms with Crippen LogP contribution in [0.4, 0.5) is 24.5 Å². The third kappa shape index (κ3) is 5.74. The summed E-state index contributed by atoms with van der Waals surface area (Å²) < 4.78 is 40.6. The van der Waals surface area contributed by atoms with Crippen LogP contribution >= 0.6 is 23.2 Å². The maximum absolute atomic E-state index is 13.5. The van der Waals surface area contributed by atoms with Gasteiger partial charge in [0.25, 0.3) is 0 Å². The van der Waals surface area contributed by atoms with E-state index < -0.39 is 12.1 Å². The first-order valence-electron chi connectivity index (χ1n) is 7.94. The van der Waals surface area contributed by atoms with Crippen molar-refractivity contribution in [3.63, 3.8) is 0 Å². The summed E-state index contributed by atoms with van der Waals surface area (Å²) in [5.74, 6) is -1.87. The predicted molar refractivity (Wildman–Crippen MR) is 112 cm³/mol. The Labute approximate surface area is 170 Å². The van der Waals surface area contributed by atoms with E-state index >= 15 is 0 Å². The van der Waals surface area contributed by atoms with Crippen LogP contribution in [0, 0.1) is 0 Å². The summed E-state index contributed by atoms with van der Waals surface area (Å²) in [7, 11) is 1.66. The van der Waals surface area contributed by atoms with E-state index in [1.807, 2.05) is 0 Å². The van der Waals surface area contributed by atoms with Crippen molar-refractivity contribution < 1.29 is 13.2 Å². The molecule has 0 bridgehead atoms. The monoisotopic (exact) mass is 428 g/mol. The van der Waals surface area contributed by atoms with E-state index in [0.717, 1.165) is 6.08 Å². The summed E-state index contributed by atoms with van der Waals surface area (Å²) in [5, 5.41) is 5.72. The summed E-state index contributed by atoms with van der Waals surface area (Å²) in [6.07, 6.45) is -0.873. The smallest absolute Gasteiger partial charge is 0.397 e. The van der Waals surface area contributed by atoms with Crippen LogP contribution in [0.1, 0.15) is 17.0 Å². The molecule has 1 unspecified atom stereocenters. The van der Waals surface area contributed by atoms with Gasteiger partial charge in [0.15, 0.2) is 0 Å². The second-order valence-corrected chi connectivity index (χ2v) is 6.71. The standard InChI is InChI=1S/C19H17Cl2F3N4/c1-26-11-27-28(2)18-6-4-12(7-17(18)25)3-5-16(19(22,23)24)13-8-14(20)10-15(21)9-13/h3-11,16H,1,25H2,2H3/b5-3+,27-11-. The number of alkyl halides is 3. The first kappa shape index (κ1) is 21.8. The Hall–Kier alpha value is -2.51. The number of rotatable bonds is 6. The molecule has 0 saturated heterocycles. The Morgan fingerprint density at radius 3 is 2.32 bits per heavy atom. The van der Waals surface area contributed by atoms with Gasteiger partial charge in [-0.15, -0.1) is 0 Å². The zero-order chi connectivity index (χ0) is 20.9. The van der Waals surface area contributed by atoms with Gasteiger partial charge in [0.05, 0.1) is 17.3 Å². The van der Waals surface area contributed by atoms with Crippen LogP contribution in [-0.4, -0.2) is 26.3 Å². The van der Waals surface area contributed by atoms with Crippen molar-refractivity contribution >= 4 is 53.7 Å². The Kier molecular flexibility index (Phi) is 7.10. The van der Waals surface area contributed by atoms with E-state index in [0.29, 0.717) is 16.9 Å². The van der Waals surface area contributed by atoms with Gasteiger partial charge >= 0.3 is 6.18 Å². The van der Waals surface area contributed by atoms with Gasteiger partial charge in [0.2, 0.25) is 0 Å². The number of nitrogens with two attached hydrogens (primary N) is 1. The first-order chi connectivity index (χ1) is 13.1. The number of hydrogen-bond acceptors (Lipinski definition) is 3. The second-order valence-electron chi connectivity index (χ2n) is 5.84. The van der Waals surface area contributed by atoms with Gasteiger partial charge in [0, 0.05) is 17.1 Å². The molecule has 148 valence electrons. The minimum Gasteiger partial charge on any atom is -0.397 e. The van der Waals surface area contributed by atoms with E-state index in [1.54, 1.807) is 25.2 Å². The van der Waals surface area contributed by atoms with Crippen LogP contribution in [0.5, 0.6) is 0 Å². The van der Waals surface area contributed by atoms with Gasteiger partial charge in [-0.2, -0.15) is 18.3 Å². The molecule has 0 spiro atoms. The van der Waals surface area contributed by atoms with Gasteiger partial charge in [-0.3, -0.25) is 10.0 Å². The Balaban J connectivity index is 2.33. The van der Waals surface area contributed by atoms with E-state index in [-0.39, 0.29) is 15.6 Å². The van der Waals surface area contributed by atoms with Gasteiger partial charge in [-0.1, -0.05) is 41.4 Å². The van der Waals surface area contributed by atoms with Crippen LogP contribution < -0.4 is 10.7 Å². The molecular weight excluding hydrogens is 412 g/mol. The van der Waals surface area contributed by atoms with Crippen molar-refractivity contribution in [2.45, 2.75) is 12.1 Å². The number of anilines is 2. The number of nitrogens with zero attached hydrogens (tertiary/aromatic N) is 3. The maximum atomic E-state index is 13.5. The zero-order valence-corrected chi connectivity index (χ0v) is 16.3. The van der Waals surface area contributed by atoms with E-state index in [4.69, 9.17) is 28.9 Å². The van der Waals surface area contributed by atoms with Crippen LogP contribution in [0.25, 0.3) is 6.08 Å². The van der Waals surface area contributed by atoms with Gasteiger partial charge in [-0.05, 0) is 48.2 Å². The molecule has 0 saturated carbocycles. The number of benzene rings is 2. The molecule has 0 fully saturated rings. The fraction of sp³-hybridized carbons (Fsp3) is 0.158. The third-order valence-electron chi connectivity index (χ3n) is 3.78. The van der Waals surface area contributed by atoms with Crippen LogP contribution in [0.2, 0.25) is 10.0 Å². The first-order valence-corrected chi connectivity index (χ1v) is 8.70. The molecule has 0 heterocycles. The van der Waals surface area contributed by atoms with Crippen LogP contribution in [0.15, 0.2) is 52.6 Å². The number of halogens is 5. The number of hydrogen-bond donors (Lipinski definition) is 1. The molecule has 0 aliphatic heterocycles. The maximum Gasteiger partial charge on any atom is 0.399 e. The Morgan fingerprint density at radius 1 is 1.14 bits per heavy atom. The zero-order valence-electron chi connectivity index (χ0n) is 14.8. The van der Waals surface area contributed by atoms with Crippen LogP contribution in [0.3, 0.4) is 0 Å². The lowest BCUT2D eigenvalue weighted by atomic mass is 9.97. The van der Waals surface area contributed by atoms with E-state index in [9.17, 15) is 13.2 Å². The minimum atomic E-state index is -4.51. The van der Waals surface area contributed by atoms with Gasteiger partial charge in [-0.25, -0.2) is 0 Å². The molecule has 2 rings (SSSR count). The highest BCUT2D eigenvalue weighted by Crippen LogP contribution is 2.38. The minimum absolute atomic E-state index is 0.0446. The van der Waals surface area contributed by atoms with Crippen molar-refractivity contribution in [1.29, 1.82) is 0 Å². The summed E-state index contributed by atoms with van der Waals surface area (Å²) in [6.45, 7) is 3.28. The lowest BCUT2D eigenvalue weighted by Crippen LogP contribution is -2.18. The lowest BCUT2D eigenvalue weighted by Gasteiger charge is -2.18. The highest BCUT2D eigenvalue weighted by atomic mass is 35.5. The highest BCUT2D eigenvalue weighted by molar-refractivity contribution is 6.34. The molecule has 0 amide bonds. The average molecular weight is 429 g/mol. The SMILES string of the molecule is C=N/C=N\N(C)c1ccc(/C=C/C(c2cc(Cl)cc(Cl)c2)C(F)(F)F)cc1N. The number of allylic oxidation sites excluding steroid dienone is 1. The molecule has 2 aromatic rings. The molecule has 28 heavy (non-hydrogen) atoms. The molecular formula is C19H17Cl2F3N4. The summed E-state index contributed by atoms with van der Waals surface area (Å²) in [5.41, 5.74) is 7.36. The second kappa shape index (κ2) is 9.12. The van der Waals surface area contributed by atoms with Crippen molar-refractivity contribution in [1.82, 2.24) is 0 Å². The molecule has 0 radical (unpaired) electrons. The molecule has 9 heteroatoms. The number of hydrazone groups is 1. The lowest BCUT2D eigenvalue weighted by molar-refractivity contribution is -0.139. The Morgan fingerprint density at radius 2 is 1.79 bits per heavy atom. The predicted octanol–water partition coefficient (Wildman–Crippen LogP) is 6.02. The fourth-order valence-corrected chi connectivity index (χ4v) is 3.06. The molecule has 0 aromatic heterocycles. The Bertz CT molecular complexity index is 890. The fourth-order valence-electron chi connectivity index (χ4n) is 2.52. The third-order valence-corrected chi connectivity index (χ3v) is 4.22. The van der Waals surface area contributed by atoms with Crippen molar-refractivity contribution in [3.05, 3.63) is 63.6 Å². The summed E-state index contributed by atoms with van der Waals surface area (Å²) >= 11 is 11.7. The molecule has 0 aliphatic carbocycles. The van der Waals surface area contributed by atoms with E-state index in [1.165, 1.54) is 35.6 Å². The van der Waals surface area contributed by atoms with Crippen LogP contribution in [-0.2, 0) is 0 Å².